The fraction of sp³-hybridized carbons (Fsp3) is 0.120. The highest BCUT2D eigenvalue weighted by Crippen LogP contribution is 2.43. The van der Waals surface area contributed by atoms with Gasteiger partial charge in [0.15, 0.2) is 0 Å². The van der Waals surface area contributed by atoms with Gasteiger partial charge in [0, 0.05) is 18.1 Å². The molecular formula is C25H19N3O5. The molecule has 1 aliphatic heterocycles. The fourth-order valence-electron chi connectivity index (χ4n) is 3.79. The number of pyridine rings is 1. The molecule has 1 aliphatic rings. The molecule has 1 atom stereocenters. The van der Waals surface area contributed by atoms with E-state index in [1.165, 1.54) is 31.4 Å². The van der Waals surface area contributed by atoms with Crippen molar-refractivity contribution in [3.63, 3.8) is 0 Å². The molecule has 0 radical (unpaired) electrons. The van der Waals surface area contributed by atoms with E-state index >= 15 is 0 Å². The number of hydrogen-bond donors (Lipinski definition) is 1. The number of nitriles is 1. The lowest BCUT2D eigenvalue weighted by atomic mass is 9.95. The minimum atomic E-state index is -0.942. The van der Waals surface area contributed by atoms with Crippen LogP contribution in [0.3, 0.4) is 0 Å². The van der Waals surface area contributed by atoms with E-state index in [1.54, 1.807) is 54.7 Å². The molecule has 8 nitrogen and oxygen atoms in total. The van der Waals surface area contributed by atoms with Gasteiger partial charge in [-0.25, -0.2) is 0 Å². The highest BCUT2D eigenvalue weighted by atomic mass is 16.5. The minimum Gasteiger partial charge on any atom is -0.507 e. The Kier molecular flexibility index (Phi) is 5.79. The number of aliphatic hydroxyl groups is 1. The van der Waals surface area contributed by atoms with Gasteiger partial charge in [0.1, 0.15) is 17.3 Å². The second-order valence-electron chi connectivity index (χ2n) is 7.18. The zero-order valence-electron chi connectivity index (χ0n) is 17.9. The normalized spacial score (nSPS) is 17.0. The number of rotatable bonds is 5. The lowest BCUT2D eigenvalue weighted by Crippen LogP contribution is -2.29. The molecule has 1 aromatic heterocycles. The summed E-state index contributed by atoms with van der Waals surface area (Å²) in [6.07, 6.45) is 3.10. The lowest BCUT2D eigenvalue weighted by Gasteiger charge is -2.25. The number of amides is 1. The molecule has 1 fully saturated rings. The van der Waals surface area contributed by atoms with E-state index in [-0.39, 0.29) is 11.1 Å². The molecule has 2 aromatic carbocycles. The van der Waals surface area contributed by atoms with Crippen LogP contribution in [0, 0.1) is 11.3 Å². The van der Waals surface area contributed by atoms with Crippen molar-refractivity contribution in [2.45, 2.75) is 6.04 Å². The van der Waals surface area contributed by atoms with E-state index in [0.29, 0.717) is 28.3 Å². The Labute approximate surface area is 189 Å². The molecular weight excluding hydrogens is 422 g/mol. The number of hydrogen-bond acceptors (Lipinski definition) is 7. The summed E-state index contributed by atoms with van der Waals surface area (Å²) in [5.41, 5.74) is 1.45. The molecule has 0 spiro atoms. The molecule has 4 rings (SSSR count). The first-order valence-corrected chi connectivity index (χ1v) is 9.93. The summed E-state index contributed by atoms with van der Waals surface area (Å²) in [5.74, 6) is -1.30. The third-order valence-electron chi connectivity index (χ3n) is 5.38. The Balaban J connectivity index is 1.96. The highest BCUT2D eigenvalue weighted by molar-refractivity contribution is 6.51. The van der Waals surface area contributed by atoms with Crippen molar-refractivity contribution >= 4 is 23.1 Å². The Morgan fingerprint density at radius 2 is 1.85 bits per heavy atom. The van der Waals surface area contributed by atoms with Crippen molar-refractivity contribution in [2.24, 2.45) is 0 Å². The third-order valence-corrected chi connectivity index (χ3v) is 5.38. The Hall–Kier alpha value is -4.64. The standard InChI is InChI=1S/C25H19N3O5/c1-32-18-9-10-20(33-2)19(12-18)23(29)21-22(16-4-3-11-27-14-16)28(25(31)24(21)30)17-7-5-15(13-26)6-8-17/h3-12,14,22,29H,1-2H3/b23-21+. The van der Waals surface area contributed by atoms with Gasteiger partial charge in [0.25, 0.3) is 11.7 Å². The Bertz CT molecular complexity index is 1290. The van der Waals surface area contributed by atoms with Gasteiger partial charge in [0.2, 0.25) is 0 Å². The SMILES string of the molecule is COc1ccc(OC)c(/C(O)=C2\C(=O)C(=O)N(c3ccc(C#N)cc3)C2c2cccnc2)c1. The summed E-state index contributed by atoms with van der Waals surface area (Å²) in [7, 11) is 2.91. The summed E-state index contributed by atoms with van der Waals surface area (Å²) >= 11 is 0. The van der Waals surface area contributed by atoms with Gasteiger partial charge in [-0.05, 0) is 54.1 Å². The molecule has 1 unspecified atom stereocenters. The van der Waals surface area contributed by atoms with E-state index in [1.807, 2.05) is 6.07 Å². The van der Waals surface area contributed by atoms with Crippen LogP contribution in [0.1, 0.15) is 22.7 Å². The molecule has 8 heteroatoms. The molecule has 3 aromatic rings. The van der Waals surface area contributed by atoms with E-state index in [9.17, 15) is 14.7 Å². The van der Waals surface area contributed by atoms with Crippen molar-refractivity contribution in [3.05, 3.63) is 89.3 Å². The fourth-order valence-corrected chi connectivity index (χ4v) is 3.79. The monoisotopic (exact) mass is 441 g/mol. The molecule has 0 aliphatic carbocycles. The summed E-state index contributed by atoms with van der Waals surface area (Å²) in [4.78, 5) is 31.8. The highest BCUT2D eigenvalue weighted by Gasteiger charge is 2.47. The van der Waals surface area contributed by atoms with Crippen molar-refractivity contribution in [1.29, 1.82) is 5.26 Å². The first kappa shape index (κ1) is 21.6. The maximum Gasteiger partial charge on any atom is 0.300 e. The number of aliphatic hydroxyl groups excluding tert-OH is 1. The smallest absolute Gasteiger partial charge is 0.300 e. The molecule has 1 N–H and O–H groups in total. The van der Waals surface area contributed by atoms with Crippen LogP contribution in [0.5, 0.6) is 11.5 Å². The van der Waals surface area contributed by atoms with Gasteiger partial charge in [-0.15, -0.1) is 0 Å². The average molecular weight is 441 g/mol. The first-order chi connectivity index (χ1) is 16.0. The van der Waals surface area contributed by atoms with Crippen molar-refractivity contribution < 1.29 is 24.2 Å². The minimum absolute atomic E-state index is 0.107. The second-order valence-corrected chi connectivity index (χ2v) is 7.18. The number of carbonyl (C=O) groups is 2. The summed E-state index contributed by atoms with van der Waals surface area (Å²) in [6, 6.07) is 15.5. The van der Waals surface area contributed by atoms with Crippen LogP contribution in [0.4, 0.5) is 5.69 Å². The largest absolute Gasteiger partial charge is 0.507 e. The van der Waals surface area contributed by atoms with Gasteiger partial charge < -0.3 is 14.6 Å². The molecule has 0 saturated carbocycles. The Morgan fingerprint density at radius 3 is 2.45 bits per heavy atom. The van der Waals surface area contributed by atoms with E-state index in [0.717, 1.165) is 0 Å². The van der Waals surface area contributed by atoms with E-state index in [2.05, 4.69) is 4.98 Å². The van der Waals surface area contributed by atoms with Crippen LogP contribution in [0.2, 0.25) is 0 Å². The van der Waals surface area contributed by atoms with Crippen LogP contribution in [0.25, 0.3) is 5.76 Å². The van der Waals surface area contributed by atoms with Gasteiger partial charge >= 0.3 is 0 Å². The Morgan fingerprint density at radius 1 is 1.09 bits per heavy atom. The number of methoxy groups -OCH3 is 2. The predicted molar refractivity (Wildman–Crippen MR) is 120 cm³/mol. The van der Waals surface area contributed by atoms with Gasteiger partial charge in [-0.3, -0.25) is 19.5 Å². The van der Waals surface area contributed by atoms with Crippen LogP contribution in [-0.4, -0.2) is 36.0 Å². The number of aromatic nitrogens is 1. The molecule has 1 amide bonds. The lowest BCUT2D eigenvalue weighted by molar-refractivity contribution is -0.132. The summed E-state index contributed by atoms with van der Waals surface area (Å²) in [6.45, 7) is 0. The average Bonchev–Trinajstić information content (AvgIpc) is 3.14. The number of Topliss-reactive ketones (excluding diaryl/α,β-unsaturated/α-hetero) is 1. The molecule has 2 heterocycles. The van der Waals surface area contributed by atoms with E-state index < -0.39 is 23.5 Å². The van der Waals surface area contributed by atoms with Crippen LogP contribution in [0.15, 0.2) is 72.6 Å². The topological polar surface area (TPSA) is 113 Å². The maximum atomic E-state index is 13.2. The predicted octanol–water partition coefficient (Wildman–Crippen LogP) is 3.60. The first-order valence-electron chi connectivity index (χ1n) is 9.93. The van der Waals surface area contributed by atoms with Crippen LogP contribution >= 0.6 is 0 Å². The van der Waals surface area contributed by atoms with Gasteiger partial charge in [-0.2, -0.15) is 5.26 Å². The third kappa shape index (κ3) is 3.77. The van der Waals surface area contributed by atoms with Crippen LogP contribution < -0.4 is 14.4 Å². The zero-order valence-corrected chi connectivity index (χ0v) is 17.9. The molecule has 164 valence electrons. The number of ether oxygens (including phenoxy) is 2. The van der Waals surface area contributed by atoms with E-state index in [4.69, 9.17) is 14.7 Å². The quantitative estimate of drug-likeness (QED) is 0.366. The van der Waals surface area contributed by atoms with Crippen molar-refractivity contribution in [2.75, 3.05) is 19.1 Å². The van der Waals surface area contributed by atoms with Crippen molar-refractivity contribution in [1.82, 2.24) is 4.98 Å². The number of ketones is 1. The number of anilines is 1. The van der Waals surface area contributed by atoms with Crippen molar-refractivity contribution in [3.8, 4) is 17.6 Å². The summed E-state index contributed by atoms with van der Waals surface area (Å²) < 4.78 is 10.6. The van der Waals surface area contributed by atoms with Crippen LogP contribution in [-0.2, 0) is 9.59 Å². The molecule has 33 heavy (non-hydrogen) atoms. The molecule has 0 bridgehead atoms. The number of nitrogens with zero attached hydrogens (tertiary/aromatic N) is 3. The molecule has 1 saturated heterocycles. The second kappa shape index (κ2) is 8.85. The zero-order chi connectivity index (χ0) is 23.5. The van der Waals surface area contributed by atoms with Gasteiger partial charge in [-0.1, -0.05) is 6.07 Å². The number of carbonyl (C=O) groups excluding carboxylic acids is 2. The number of benzene rings is 2. The summed E-state index contributed by atoms with van der Waals surface area (Å²) in [5, 5.41) is 20.4. The van der Waals surface area contributed by atoms with Gasteiger partial charge in [0.05, 0.1) is 43.0 Å². The maximum absolute atomic E-state index is 13.2.